The number of hydrogen-bond donors (Lipinski definition) is 3. The number of aromatic nitrogens is 3. The van der Waals surface area contributed by atoms with Gasteiger partial charge in [-0.3, -0.25) is 19.6 Å². The summed E-state index contributed by atoms with van der Waals surface area (Å²) in [6.07, 6.45) is 8.07. The van der Waals surface area contributed by atoms with E-state index in [-0.39, 0.29) is 29.7 Å². The van der Waals surface area contributed by atoms with Crippen LogP contribution >= 0.6 is 0 Å². The van der Waals surface area contributed by atoms with E-state index in [1.54, 1.807) is 12.3 Å². The molecule has 2 fully saturated rings. The van der Waals surface area contributed by atoms with Crippen molar-refractivity contribution in [3.8, 4) is 0 Å². The van der Waals surface area contributed by atoms with E-state index in [1.807, 2.05) is 6.07 Å². The van der Waals surface area contributed by atoms with Crippen LogP contribution in [0.1, 0.15) is 48.4 Å². The number of nitrogens with zero attached hydrogens (tertiary/aromatic N) is 3. The van der Waals surface area contributed by atoms with E-state index in [0.29, 0.717) is 19.5 Å². The summed E-state index contributed by atoms with van der Waals surface area (Å²) in [5.41, 5.74) is 0.891. The van der Waals surface area contributed by atoms with Crippen molar-refractivity contribution in [2.45, 2.75) is 50.7 Å². The van der Waals surface area contributed by atoms with Crippen LogP contribution in [0.5, 0.6) is 0 Å². The van der Waals surface area contributed by atoms with Gasteiger partial charge in [0.15, 0.2) is 0 Å². The van der Waals surface area contributed by atoms with Crippen LogP contribution in [-0.2, 0) is 11.3 Å². The summed E-state index contributed by atoms with van der Waals surface area (Å²) >= 11 is 0. The van der Waals surface area contributed by atoms with Crippen LogP contribution in [-0.4, -0.2) is 57.2 Å². The molecule has 1 saturated heterocycles. The number of amides is 2. The number of H-pyrrole nitrogens is 1. The van der Waals surface area contributed by atoms with Crippen molar-refractivity contribution in [1.82, 2.24) is 30.9 Å². The Balaban J connectivity index is 1.29. The molecule has 3 N–H and O–H groups in total. The highest BCUT2D eigenvalue weighted by Gasteiger charge is 2.38. The Labute approximate surface area is 163 Å². The standard InChI is InChI=1S/C19H26N6O3/c26-18(20-10-14-5-7-22-24-14)9-15-3-4-16(25(15)12-13-1-2-13)11-21-19(27)17-6-8-23-28-17/h5-8,13,15-16H,1-4,9-12H2,(H,20,26)(H,21,27)(H,22,24)/t15-,16+/m1/s1. The number of carbonyl (C=O) groups is 2. The van der Waals surface area contributed by atoms with Gasteiger partial charge in [0.1, 0.15) is 0 Å². The molecule has 9 heteroatoms. The fourth-order valence-corrected chi connectivity index (χ4v) is 3.84. The lowest BCUT2D eigenvalue weighted by Crippen LogP contribution is -2.45. The minimum absolute atomic E-state index is 0.0479. The third-order valence-corrected chi connectivity index (χ3v) is 5.55. The fourth-order valence-electron chi connectivity index (χ4n) is 3.84. The van der Waals surface area contributed by atoms with Crippen LogP contribution < -0.4 is 10.6 Å². The lowest BCUT2D eigenvalue weighted by atomic mass is 10.1. The van der Waals surface area contributed by atoms with Crippen LogP contribution in [0.2, 0.25) is 0 Å². The predicted octanol–water partition coefficient (Wildman–Crippen LogP) is 1.08. The van der Waals surface area contributed by atoms with Crippen molar-refractivity contribution < 1.29 is 14.1 Å². The number of aromatic amines is 1. The first-order chi connectivity index (χ1) is 13.7. The van der Waals surface area contributed by atoms with Gasteiger partial charge in [-0.25, -0.2) is 0 Å². The van der Waals surface area contributed by atoms with E-state index in [4.69, 9.17) is 4.52 Å². The molecule has 28 heavy (non-hydrogen) atoms. The molecule has 9 nitrogen and oxygen atoms in total. The summed E-state index contributed by atoms with van der Waals surface area (Å²) in [5.74, 6) is 0.749. The van der Waals surface area contributed by atoms with Gasteiger partial charge in [0.2, 0.25) is 11.7 Å². The first-order valence-electron chi connectivity index (χ1n) is 9.88. The molecule has 150 valence electrons. The summed E-state index contributed by atoms with van der Waals surface area (Å²) in [7, 11) is 0. The quantitative estimate of drug-likeness (QED) is 0.594. The van der Waals surface area contributed by atoms with E-state index in [1.165, 1.54) is 19.0 Å². The Bertz CT molecular complexity index is 772. The van der Waals surface area contributed by atoms with E-state index in [9.17, 15) is 9.59 Å². The molecular weight excluding hydrogens is 360 g/mol. The Morgan fingerprint density at radius 2 is 2.00 bits per heavy atom. The van der Waals surface area contributed by atoms with Gasteiger partial charge in [0.05, 0.1) is 18.4 Å². The minimum atomic E-state index is -0.246. The molecule has 0 spiro atoms. The molecule has 1 aliphatic heterocycles. The Hall–Kier alpha value is -2.68. The second kappa shape index (κ2) is 8.55. The smallest absolute Gasteiger partial charge is 0.289 e. The Morgan fingerprint density at radius 1 is 1.14 bits per heavy atom. The summed E-state index contributed by atoms with van der Waals surface area (Å²) in [6.45, 7) is 2.02. The second-order valence-electron chi connectivity index (χ2n) is 7.67. The number of likely N-dealkylation sites (tertiary alicyclic amines) is 1. The highest BCUT2D eigenvalue weighted by Crippen LogP contribution is 2.35. The van der Waals surface area contributed by atoms with E-state index in [0.717, 1.165) is 31.0 Å². The number of carbonyl (C=O) groups excluding carboxylic acids is 2. The van der Waals surface area contributed by atoms with Gasteiger partial charge in [-0.2, -0.15) is 5.10 Å². The average Bonchev–Trinajstić information content (AvgIpc) is 3.12. The lowest BCUT2D eigenvalue weighted by Gasteiger charge is -2.30. The second-order valence-corrected chi connectivity index (χ2v) is 7.67. The molecule has 2 amide bonds. The fraction of sp³-hybridized carbons (Fsp3) is 0.579. The highest BCUT2D eigenvalue weighted by atomic mass is 16.5. The summed E-state index contributed by atoms with van der Waals surface area (Å²) < 4.78 is 4.91. The van der Waals surface area contributed by atoms with Crippen molar-refractivity contribution in [2.24, 2.45) is 5.92 Å². The van der Waals surface area contributed by atoms with E-state index in [2.05, 4.69) is 30.9 Å². The molecule has 1 saturated carbocycles. The van der Waals surface area contributed by atoms with E-state index >= 15 is 0 Å². The predicted molar refractivity (Wildman–Crippen MR) is 100 cm³/mol. The Morgan fingerprint density at radius 3 is 2.71 bits per heavy atom. The first-order valence-corrected chi connectivity index (χ1v) is 9.88. The zero-order valence-electron chi connectivity index (χ0n) is 15.8. The van der Waals surface area contributed by atoms with E-state index < -0.39 is 0 Å². The normalized spacial score (nSPS) is 22.3. The summed E-state index contributed by atoms with van der Waals surface area (Å²) in [4.78, 5) is 27.0. The van der Waals surface area contributed by atoms with Crippen molar-refractivity contribution in [1.29, 1.82) is 0 Å². The van der Waals surface area contributed by atoms with Crippen molar-refractivity contribution >= 4 is 11.8 Å². The topological polar surface area (TPSA) is 116 Å². The van der Waals surface area contributed by atoms with Crippen molar-refractivity contribution in [2.75, 3.05) is 13.1 Å². The van der Waals surface area contributed by atoms with Gasteiger partial charge in [-0.15, -0.1) is 0 Å². The van der Waals surface area contributed by atoms with Gasteiger partial charge in [0, 0.05) is 43.9 Å². The van der Waals surface area contributed by atoms with Crippen LogP contribution in [0.15, 0.2) is 29.0 Å². The number of hydrogen-bond acceptors (Lipinski definition) is 6. The summed E-state index contributed by atoms with van der Waals surface area (Å²) in [5, 5.41) is 16.2. The van der Waals surface area contributed by atoms with Gasteiger partial charge in [-0.05, 0) is 37.7 Å². The first kappa shape index (κ1) is 18.7. The van der Waals surface area contributed by atoms with Gasteiger partial charge >= 0.3 is 0 Å². The van der Waals surface area contributed by atoms with Crippen molar-refractivity contribution in [3.63, 3.8) is 0 Å². The molecule has 2 aromatic rings. The average molecular weight is 386 g/mol. The Kier molecular flexibility index (Phi) is 5.70. The lowest BCUT2D eigenvalue weighted by molar-refractivity contribution is -0.122. The molecular formula is C19H26N6O3. The van der Waals surface area contributed by atoms with Crippen LogP contribution in [0, 0.1) is 5.92 Å². The van der Waals surface area contributed by atoms with Gasteiger partial charge in [0.25, 0.3) is 5.91 Å². The maximum absolute atomic E-state index is 12.4. The maximum atomic E-state index is 12.4. The molecule has 4 rings (SSSR count). The molecule has 1 aliphatic carbocycles. The van der Waals surface area contributed by atoms with Crippen LogP contribution in [0.3, 0.4) is 0 Å². The molecule has 0 bridgehead atoms. The molecule has 0 unspecified atom stereocenters. The van der Waals surface area contributed by atoms with Crippen LogP contribution in [0.25, 0.3) is 0 Å². The molecule has 3 heterocycles. The molecule has 0 radical (unpaired) electrons. The maximum Gasteiger partial charge on any atom is 0.289 e. The largest absolute Gasteiger partial charge is 0.351 e. The number of nitrogens with one attached hydrogen (secondary N) is 3. The van der Waals surface area contributed by atoms with Gasteiger partial charge < -0.3 is 15.2 Å². The zero-order valence-corrected chi connectivity index (χ0v) is 15.8. The molecule has 2 aliphatic rings. The minimum Gasteiger partial charge on any atom is -0.351 e. The summed E-state index contributed by atoms with van der Waals surface area (Å²) in [6, 6.07) is 3.87. The third-order valence-electron chi connectivity index (χ3n) is 5.55. The monoisotopic (exact) mass is 386 g/mol. The SMILES string of the molecule is O=C(C[C@H]1CC[C@@H](CNC(=O)c2ccno2)N1CC1CC1)NCc1ccn[nH]1. The zero-order chi connectivity index (χ0) is 19.3. The van der Waals surface area contributed by atoms with Crippen LogP contribution in [0.4, 0.5) is 0 Å². The molecule has 2 atom stereocenters. The van der Waals surface area contributed by atoms with Crippen molar-refractivity contribution in [3.05, 3.63) is 36.0 Å². The molecule has 0 aromatic carbocycles. The number of rotatable bonds is 9. The highest BCUT2D eigenvalue weighted by molar-refractivity contribution is 5.91. The molecule has 2 aromatic heterocycles. The third kappa shape index (κ3) is 4.78. The van der Waals surface area contributed by atoms with Gasteiger partial charge in [-0.1, -0.05) is 5.16 Å².